The van der Waals surface area contributed by atoms with Crippen LogP contribution in [0.25, 0.3) is 22.0 Å². The first-order chi connectivity index (χ1) is 18.9. The van der Waals surface area contributed by atoms with Crippen molar-refractivity contribution in [2.24, 2.45) is 0 Å². The van der Waals surface area contributed by atoms with Gasteiger partial charge in [0, 0.05) is 34.8 Å². The van der Waals surface area contributed by atoms with E-state index in [0.29, 0.717) is 46.5 Å². The molecule has 208 valence electrons. The van der Waals surface area contributed by atoms with Gasteiger partial charge in [0.1, 0.15) is 11.4 Å². The number of nitrogens with zero attached hydrogens (tertiary/aromatic N) is 2. The molecule has 0 aliphatic carbocycles. The number of aliphatic carboxylic acids is 1. The molecule has 0 bridgehead atoms. The smallest absolute Gasteiger partial charge is 0.326 e. The molecule has 2 amide bonds. The minimum absolute atomic E-state index is 0.229. The standard InChI is InChI=1S/C31H33ClN4O4/c1-17-14-22-27(20-11-10-19(32)15-25(20)40-31(3,4)5)21(16-26(37)38)18(2)28-29(22)35(17)12-13-36(28)30(39)34-24-9-7-6-8-23(24)33/h6-11,14-15H,12-13,16,33H2,1-5H3,(H,34,39)(H,37,38). The number of aromatic nitrogens is 1. The average Bonchev–Trinajstić information content (AvgIpc) is 3.19. The zero-order valence-electron chi connectivity index (χ0n) is 23.3. The predicted octanol–water partition coefficient (Wildman–Crippen LogP) is 7.02. The number of hydrogen-bond donors (Lipinski definition) is 3. The van der Waals surface area contributed by atoms with Crippen molar-refractivity contribution in [3.8, 4) is 16.9 Å². The third-order valence-electron chi connectivity index (χ3n) is 7.13. The summed E-state index contributed by atoms with van der Waals surface area (Å²) in [7, 11) is 0. The molecule has 3 aromatic carbocycles. The molecule has 1 aromatic heterocycles. The molecular formula is C31H33ClN4O4. The predicted molar refractivity (Wildman–Crippen MR) is 161 cm³/mol. The molecule has 0 saturated heterocycles. The fourth-order valence-corrected chi connectivity index (χ4v) is 5.68. The van der Waals surface area contributed by atoms with Crippen molar-refractivity contribution >= 4 is 51.6 Å². The average molecular weight is 561 g/mol. The van der Waals surface area contributed by atoms with E-state index in [0.717, 1.165) is 33.3 Å². The summed E-state index contributed by atoms with van der Waals surface area (Å²) >= 11 is 6.39. The van der Waals surface area contributed by atoms with E-state index in [-0.39, 0.29) is 12.5 Å². The number of carbonyl (C=O) groups excluding carboxylic acids is 1. The number of nitrogens with one attached hydrogen (secondary N) is 1. The Labute approximate surface area is 238 Å². The van der Waals surface area contributed by atoms with Crippen LogP contribution in [0.5, 0.6) is 5.75 Å². The lowest BCUT2D eigenvalue weighted by Crippen LogP contribution is -2.41. The highest BCUT2D eigenvalue weighted by molar-refractivity contribution is 6.31. The van der Waals surface area contributed by atoms with E-state index in [1.165, 1.54) is 0 Å². The van der Waals surface area contributed by atoms with Gasteiger partial charge in [0.25, 0.3) is 0 Å². The molecule has 0 spiro atoms. The number of amides is 2. The number of urea groups is 1. The summed E-state index contributed by atoms with van der Waals surface area (Å²) in [5.41, 5.74) is 12.0. The summed E-state index contributed by atoms with van der Waals surface area (Å²) in [6.07, 6.45) is -0.229. The molecule has 0 saturated carbocycles. The van der Waals surface area contributed by atoms with Gasteiger partial charge in [-0.05, 0) is 87.7 Å². The van der Waals surface area contributed by atoms with Gasteiger partial charge in [0.05, 0.1) is 29.0 Å². The second-order valence-corrected chi connectivity index (χ2v) is 11.6. The summed E-state index contributed by atoms with van der Waals surface area (Å²) in [6, 6.07) is 14.3. The first-order valence-corrected chi connectivity index (χ1v) is 13.5. The first kappa shape index (κ1) is 27.4. The lowest BCUT2D eigenvalue weighted by Gasteiger charge is -2.33. The van der Waals surface area contributed by atoms with Gasteiger partial charge in [-0.2, -0.15) is 0 Å². The number of ether oxygens (including phenoxy) is 1. The van der Waals surface area contributed by atoms with Gasteiger partial charge in [-0.3, -0.25) is 9.69 Å². The van der Waals surface area contributed by atoms with E-state index >= 15 is 0 Å². The quantitative estimate of drug-likeness (QED) is 0.227. The highest BCUT2D eigenvalue weighted by Crippen LogP contribution is 2.48. The summed E-state index contributed by atoms with van der Waals surface area (Å²) < 4.78 is 8.52. The summed E-state index contributed by atoms with van der Waals surface area (Å²) in [4.78, 5) is 27.6. The Hall–Kier alpha value is -4.17. The van der Waals surface area contributed by atoms with Gasteiger partial charge in [-0.15, -0.1) is 0 Å². The van der Waals surface area contributed by atoms with Crippen molar-refractivity contribution < 1.29 is 19.4 Å². The van der Waals surface area contributed by atoms with Crippen LogP contribution in [-0.4, -0.2) is 33.8 Å². The summed E-state index contributed by atoms with van der Waals surface area (Å²) in [5, 5.41) is 14.3. The number of hydrogen-bond acceptors (Lipinski definition) is 4. The molecule has 0 fully saturated rings. The van der Waals surface area contributed by atoms with Crippen molar-refractivity contribution in [3.63, 3.8) is 0 Å². The van der Waals surface area contributed by atoms with Crippen molar-refractivity contribution in [1.29, 1.82) is 0 Å². The number of benzene rings is 3. The lowest BCUT2D eigenvalue weighted by molar-refractivity contribution is -0.136. The Morgan fingerprint density at radius 3 is 2.50 bits per heavy atom. The van der Waals surface area contributed by atoms with Gasteiger partial charge < -0.3 is 25.5 Å². The van der Waals surface area contributed by atoms with Crippen LogP contribution in [0, 0.1) is 13.8 Å². The van der Waals surface area contributed by atoms with E-state index in [1.54, 1.807) is 35.2 Å². The number of anilines is 3. The molecule has 0 radical (unpaired) electrons. The Kier molecular flexibility index (Phi) is 6.92. The zero-order chi connectivity index (χ0) is 28.9. The van der Waals surface area contributed by atoms with Gasteiger partial charge >= 0.3 is 12.0 Å². The molecule has 2 heterocycles. The van der Waals surface area contributed by atoms with Crippen LogP contribution in [-0.2, 0) is 17.8 Å². The minimum atomic E-state index is -0.969. The molecule has 40 heavy (non-hydrogen) atoms. The zero-order valence-corrected chi connectivity index (χ0v) is 24.0. The number of nitrogen functional groups attached to an aromatic ring is 1. The molecular weight excluding hydrogens is 528 g/mol. The summed E-state index contributed by atoms with van der Waals surface area (Å²) in [6.45, 7) is 10.8. The highest BCUT2D eigenvalue weighted by atomic mass is 35.5. The number of carboxylic acids is 1. The van der Waals surface area contributed by atoms with Gasteiger partial charge in [0.2, 0.25) is 0 Å². The van der Waals surface area contributed by atoms with Crippen molar-refractivity contribution in [3.05, 3.63) is 70.4 Å². The van der Waals surface area contributed by atoms with Crippen LogP contribution < -0.4 is 20.7 Å². The maximum absolute atomic E-state index is 13.7. The van der Waals surface area contributed by atoms with Gasteiger partial charge in [0.15, 0.2) is 0 Å². The second-order valence-electron chi connectivity index (χ2n) is 11.1. The van der Waals surface area contributed by atoms with Crippen LogP contribution >= 0.6 is 11.6 Å². The molecule has 8 nitrogen and oxygen atoms in total. The fraction of sp³-hybridized carbons (Fsp3) is 0.290. The SMILES string of the molecule is Cc1c(CC(=O)O)c(-c2ccc(Cl)cc2OC(C)(C)C)c2cc(C)n3c2c1N(C(=O)Nc1ccccc1N)CC3. The Bertz CT molecular complexity index is 1670. The lowest BCUT2D eigenvalue weighted by atomic mass is 9.88. The molecule has 4 aromatic rings. The van der Waals surface area contributed by atoms with E-state index in [4.69, 9.17) is 22.1 Å². The molecule has 5 rings (SSSR count). The third-order valence-corrected chi connectivity index (χ3v) is 7.36. The normalized spacial score (nSPS) is 13.0. The topological polar surface area (TPSA) is 110 Å². The van der Waals surface area contributed by atoms with Crippen LogP contribution in [0.3, 0.4) is 0 Å². The molecule has 1 aliphatic rings. The molecule has 0 atom stereocenters. The number of aryl methyl sites for hydroxylation is 1. The van der Waals surface area contributed by atoms with Crippen LogP contribution in [0.15, 0.2) is 48.5 Å². The van der Waals surface area contributed by atoms with Gasteiger partial charge in [-0.25, -0.2) is 4.79 Å². The first-order valence-electron chi connectivity index (χ1n) is 13.1. The third kappa shape index (κ3) is 4.95. The molecule has 0 unspecified atom stereocenters. The van der Waals surface area contributed by atoms with Crippen LogP contribution in [0.2, 0.25) is 5.02 Å². The number of para-hydroxylation sites is 2. The Morgan fingerprint density at radius 1 is 1.10 bits per heavy atom. The number of halogens is 1. The number of nitrogens with two attached hydrogens (primary N) is 1. The Balaban J connectivity index is 1.78. The van der Waals surface area contributed by atoms with Crippen LogP contribution in [0.4, 0.5) is 21.9 Å². The maximum atomic E-state index is 13.7. The minimum Gasteiger partial charge on any atom is -0.487 e. The maximum Gasteiger partial charge on any atom is 0.326 e. The Morgan fingerprint density at radius 2 is 1.82 bits per heavy atom. The largest absolute Gasteiger partial charge is 0.487 e. The monoisotopic (exact) mass is 560 g/mol. The number of carboxylic acid groups (broad SMARTS) is 1. The number of carbonyl (C=O) groups is 2. The molecule has 9 heteroatoms. The van der Waals surface area contributed by atoms with E-state index in [2.05, 4.69) is 16.0 Å². The van der Waals surface area contributed by atoms with E-state index in [1.807, 2.05) is 46.8 Å². The van der Waals surface area contributed by atoms with Crippen molar-refractivity contribution in [2.75, 3.05) is 22.5 Å². The van der Waals surface area contributed by atoms with Gasteiger partial charge in [-0.1, -0.05) is 23.7 Å². The van der Waals surface area contributed by atoms with Crippen LogP contribution in [0.1, 0.15) is 37.6 Å². The van der Waals surface area contributed by atoms with Crippen molar-refractivity contribution in [2.45, 2.75) is 53.2 Å². The second kappa shape index (κ2) is 10.1. The van der Waals surface area contributed by atoms with E-state index < -0.39 is 11.6 Å². The van der Waals surface area contributed by atoms with Crippen molar-refractivity contribution in [1.82, 2.24) is 4.57 Å². The molecule has 1 aliphatic heterocycles. The summed E-state index contributed by atoms with van der Waals surface area (Å²) in [5.74, 6) is -0.403. The highest BCUT2D eigenvalue weighted by Gasteiger charge is 2.32. The molecule has 4 N–H and O–H groups in total. The van der Waals surface area contributed by atoms with E-state index in [9.17, 15) is 14.7 Å². The fourth-order valence-electron chi connectivity index (χ4n) is 5.52. The number of rotatable bonds is 5.